The van der Waals surface area contributed by atoms with Crippen molar-refractivity contribution in [2.75, 3.05) is 11.9 Å². The first-order chi connectivity index (χ1) is 16.3. The van der Waals surface area contributed by atoms with Crippen LogP contribution < -0.4 is 5.32 Å². The Morgan fingerprint density at radius 3 is 2.29 bits per heavy atom. The van der Waals surface area contributed by atoms with Gasteiger partial charge in [0.25, 0.3) is 0 Å². The van der Waals surface area contributed by atoms with Crippen molar-refractivity contribution in [3.05, 3.63) is 18.1 Å². The summed E-state index contributed by atoms with van der Waals surface area (Å²) in [6.45, 7) is 4.48. The molecule has 12 nitrogen and oxygen atoms in total. The number of nitrogens with zero attached hydrogens (tertiary/aromatic N) is 3. The van der Waals surface area contributed by atoms with Crippen LogP contribution in [0.4, 0.5) is 18.9 Å². The Morgan fingerprint density at radius 2 is 1.71 bits per heavy atom. The maximum atomic E-state index is 12.6. The fraction of sp³-hybridized carbons (Fsp3) is 0.500. The van der Waals surface area contributed by atoms with Crippen molar-refractivity contribution in [3.63, 3.8) is 0 Å². The number of aromatic nitrogens is 3. The lowest BCUT2D eigenvalue weighted by atomic mass is 10.1. The van der Waals surface area contributed by atoms with Crippen molar-refractivity contribution in [1.29, 1.82) is 0 Å². The fourth-order valence-electron chi connectivity index (χ4n) is 3.47. The summed E-state index contributed by atoms with van der Waals surface area (Å²) in [5.74, 6) is -4.23. The van der Waals surface area contributed by atoms with Crippen molar-refractivity contribution in [2.24, 2.45) is 0 Å². The smallest absolute Gasteiger partial charge is 0.463 e. The molecule has 1 amide bonds. The molecule has 0 aliphatic carbocycles. The Balaban J connectivity index is 2.00. The van der Waals surface area contributed by atoms with Gasteiger partial charge in [0, 0.05) is 20.8 Å². The van der Waals surface area contributed by atoms with Gasteiger partial charge in [-0.15, -0.1) is 0 Å². The van der Waals surface area contributed by atoms with Crippen LogP contribution in [0.3, 0.4) is 0 Å². The van der Waals surface area contributed by atoms with Crippen LogP contribution in [0.5, 0.6) is 0 Å². The maximum Gasteiger partial charge on any atom is 0.471 e. The minimum Gasteiger partial charge on any atom is -0.463 e. The Labute approximate surface area is 195 Å². The van der Waals surface area contributed by atoms with E-state index < -0.39 is 54.5 Å². The van der Waals surface area contributed by atoms with Crippen LogP contribution in [-0.2, 0) is 38.1 Å². The lowest BCUT2D eigenvalue weighted by Crippen LogP contribution is -2.40. The number of fused-ring (bicyclic) bond motifs is 1. The van der Waals surface area contributed by atoms with Gasteiger partial charge < -0.3 is 24.3 Å². The topological polar surface area (TPSA) is 148 Å². The van der Waals surface area contributed by atoms with Crippen molar-refractivity contribution in [1.82, 2.24) is 14.5 Å². The third-order valence-corrected chi connectivity index (χ3v) is 4.86. The average molecular weight is 502 g/mol. The second kappa shape index (κ2) is 9.85. The molecule has 1 saturated heterocycles. The highest BCUT2D eigenvalue weighted by molar-refractivity contribution is 5.96. The van der Waals surface area contributed by atoms with Gasteiger partial charge in [0.05, 0.1) is 17.7 Å². The van der Waals surface area contributed by atoms with Crippen molar-refractivity contribution >= 4 is 40.7 Å². The zero-order chi connectivity index (χ0) is 26.1. The van der Waals surface area contributed by atoms with Crippen LogP contribution in [0.1, 0.15) is 32.7 Å². The third kappa shape index (κ3) is 5.85. The average Bonchev–Trinajstić information content (AvgIpc) is 3.26. The predicted octanol–water partition coefficient (Wildman–Crippen LogP) is 1.56. The minimum atomic E-state index is -5.10. The second-order valence-electron chi connectivity index (χ2n) is 7.58. The molecule has 3 rings (SSSR count). The molecule has 35 heavy (non-hydrogen) atoms. The van der Waals surface area contributed by atoms with E-state index in [9.17, 15) is 32.3 Å². The number of anilines is 1. The molecule has 15 heteroatoms. The normalized spacial score (nSPS) is 22.0. The largest absolute Gasteiger partial charge is 0.471 e. The van der Waals surface area contributed by atoms with E-state index in [1.165, 1.54) is 30.8 Å². The van der Waals surface area contributed by atoms with Gasteiger partial charge in [-0.25, -0.2) is 9.97 Å². The highest BCUT2D eigenvalue weighted by Crippen LogP contribution is 2.36. The molecule has 0 unspecified atom stereocenters. The minimum absolute atomic E-state index is 0.0342. The fourth-order valence-corrected chi connectivity index (χ4v) is 3.47. The molecule has 1 aliphatic rings. The number of imidazole rings is 1. The van der Waals surface area contributed by atoms with Gasteiger partial charge in [-0.3, -0.25) is 23.7 Å². The predicted molar refractivity (Wildman–Crippen MR) is 109 cm³/mol. The quantitative estimate of drug-likeness (QED) is 0.456. The van der Waals surface area contributed by atoms with Crippen molar-refractivity contribution in [2.45, 2.75) is 58.4 Å². The Kier molecular flexibility index (Phi) is 7.28. The molecule has 0 radical (unpaired) electrons. The molecular formula is C20H21F3N4O8. The number of hydrogen-bond acceptors (Lipinski definition) is 10. The van der Waals surface area contributed by atoms with Gasteiger partial charge in [-0.05, 0) is 13.0 Å². The van der Waals surface area contributed by atoms with Crippen LogP contribution in [0.2, 0.25) is 0 Å². The van der Waals surface area contributed by atoms with Crippen LogP contribution in [0.25, 0.3) is 11.2 Å². The van der Waals surface area contributed by atoms with Crippen LogP contribution in [0, 0.1) is 6.92 Å². The SMILES string of the molecule is CC(=O)OC[C@H]1O[C@@H](n2cnc3cc(NC(=O)C(F)(F)F)c(C)nc32)[C@H](OC(C)=O)[C@@H]1OC(C)=O. The molecular weight excluding hydrogens is 481 g/mol. The lowest BCUT2D eigenvalue weighted by molar-refractivity contribution is -0.167. The summed E-state index contributed by atoms with van der Waals surface area (Å²) < 4.78 is 60.8. The number of pyridine rings is 1. The molecule has 0 spiro atoms. The van der Waals surface area contributed by atoms with E-state index in [0.717, 1.165) is 13.8 Å². The summed E-state index contributed by atoms with van der Waals surface area (Å²) in [5, 5.41) is 1.74. The number of amides is 1. The van der Waals surface area contributed by atoms with Gasteiger partial charge in [-0.1, -0.05) is 0 Å². The van der Waals surface area contributed by atoms with Gasteiger partial charge >= 0.3 is 30.0 Å². The second-order valence-corrected chi connectivity index (χ2v) is 7.58. The highest BCUT2D eigenvalue weighted by atomic mass is 19.4. The van der Waals surface area contributed by atoms with Crippen LogP contribution in [0.15, 0.2) is 12.4 Å². The number of halogens is 3. The van der Waals surface area contributed by atoms with E-state index in [1.54, 1.807) is 5.32 Å². The molecule has 190 valence electrons. The Bertz CT molecular complexity index is 1170. The number of nitrogens with one attached hydrogen (secondary N) is 1. The van der Waals surface area contributed by atoms with Crippen LogP contribution in [-0.4, -0.2) is 69.4 Å². The molecule has 0 saturated carbocycles. The van der Waals surface area contributed by atoms with Crippen molar-refractivity contribution < 1.29 is 51.3 Å². The first kappa shape index (κ1) is 25.9. The van der Waals surface area contributed by atoms with E-state index in [0.29, 0.717) is 0 Å². The summed E-state index contributed by atoms with van der Waals surface area (Å²) in [7, 11) is 0. The number of hydrogen-bond donors (Lipinski definition) is 1. The number of alkyl halides is 3. The molecule has 4 atom stereocenters. The van der Waals surface area contributed by atoms with E-state index in [-0.39, 0.29) is 29.2 Å². The lowest BCUT2D eigenvalue weighted by Gasteiger charge is -2.23. The highest BCUT2D eigenvalue weighted by Gasteiger charge is 2.51. The molecule has 0 bridgehead atoms. The van der Waals surface area contributed by atoms with E-state index in [4.69, 9.17) is 18.9 Å². The first-order valence-corrected chi connectivity index (χ1v) is 10.1. The number of carbonyl (C=O) groups excluding carboxylic acids is 4. The standard InChI is InChI=1S/C20H21F3N4O8/c1-8-12(26-19(31)20(21,22)23)5-13-17(25-8)27(7-24-13)18-16(34-11(4)30)15(33-10(3)29)14(35-18)6-32-9(2)28/h5,7,14-16,18H,6H2,1-4H3,(H,26,31)/t14-,15-,16-,18-/m1/s1. The van der Waals surface area contributed by atoms with E-state index >= 15 is 0 Å². The van der Waals surface area contributed by atoms with Crippen LogP contribution >= 0.6 is 0 Å². The maximum absolute atomic E-state index is 12.6. The summed E-state index contributed by atoms with van der Waals surface area (Å²) in [5.41, 5.74) is 0.0291. The Hall–Kier alpha value is -3.75. The number of ether oxygens (including phenoxy) is 4. The summed E-state index contributed by atoms with van der Waals surface area (Å²) in [4.78, 5) is 54.4. The number of carbonyl (C=O) groups is 4. The van der Waals surface area contributed by atoms with E-state index in [2.05, 4.69) is 9.97 Å². The summed E-state index contributed by atoms with van der Waals surface area (Å²) in [6.07, 6.45) is -8.42. The number of rotatable bonds is 6. The Morgan fingerprint density at radius 1 is 1.09 bits per heavy atom. The van der Waals surface area contributed by atoms with Crippen molar-refractivity contribution in [3.8, 4) is 0 Å². The van der Waals surface area contributed by atoms with Gasteiger partial charge in [0.2, 0.25) is 0 Å². The van der Waals surface area contributed by atoms with Gasteiger partial charge in [-0.2, -0.15) is 13.2 Å². The van der Waals surface area contributed by atoms with Gasteiger partial charge in [0.15, 0.2) is 24.1 Å². The zero-order valence-corrected chi connectivity index (χ0v) is 18.9. The van der Waals surface area contributed by atoms with E-state index in [1.807, 2.05) is 0 Å². The molecule has 3 heterocycles. The molecule has 1 fully saturated rings. The first-order valence-electron chi connectivity index (χ1n) is 10.1. The summed E-state index contributed by atoms with van der Waals surface area (Å²) >= 11 is 0. The van der Waals surface area contributed by atoms with Gasteiger partial charge in [0.1, 0.15) is 18.2 Å². The molecule has 2 aromatic heterocycles. The number of aryl methyl sites for hydroxylation is 1. The molecule has 2 aromatic rings. The molecule has 1 N–H and O–H groups in total. The molecule has 1 aliphatic heterocycles. The monoisotopic (exact) mass is 502 g/mol. The number of esters is 3. The third-order valence-electron chi connectivity index (χ3n) is 4.86. The zero-order valence-electron chi connectivity index (χ0n) is 18.9. The summed E-state index contributed by atoms with van der Waals surface area (Å²) in [6, 6.07) is 1.19. The molecule has 0 aromatic carbocycles.